The van der Waals surface area contributed by atoms with E-state index in [9.17, 15) is 0 Å². The van der Waals surface area contributed by atoms with Gasteiger partial charge in [0.05, 0.1) is 6.54 Å². The maximum Gasteiger partial charge on any atom is 0.153 e. The molecule has 0 atom stereocenters. The van der Waals surface area contributed by atoms with Gasteiger partial charge in [0, 0.05) is 38.4 Å². The molecule has 0 amide bonds. The fraction of sp³-hybridized carbons (Fsp3) is 0.636. The molecule has 1 rings (SSSR count). The summed E-state index contributed by atoms with van der Waals surface area (Å²) in [6.07, 6.45) is 4.57. The highest BCUT2D eigenvalue weighted by molar-refractivity contribution is 5.81. The van der Waals surface area contributed by atoms with Crippen LogP contribution in [0.3, 0.4) is 0 Å². The topological polar surface area (TPSA) is 79.7 Å². The first-order valence-electron chi connectivity index (χ1n) is 5.71. The van der Waals surface area contributed by atoms with Gasteiger partial charge in [0.1, 0.15) is 5.82 Å². The molecule has 1 heterocycles. The molecule has 0 aliphatic heterocycles. The van der Waals surface area contributed by atoms with Crippen molar-refractivity contribution in [1.82, 2.24) is 14.5 Å². The number of hydrogen-bond donors (Lipinski definition) is 2. The molecule has 17 heavy (non-hydrogen) atoms. The fourth-order valence-corrected chi connectivity index (χ4v) is 1.64. The number of aromatic nitrogens is 2. The summed E-state index contributed by atoms with van der Waals surface area (Å²) >= 11 is 0. The minimum atomic E-state index is 0.235. The zero-order chi connectivity index (χ0) is 12.8. The minimum absolute atomic E-state index is 0.235. The second-order valence-electron chi connectivity index (χ2n) is 4.36. The Labute approximate surface area is 102 Å². The van der Waals surface area contributed by atoms with E-state index in [0.29, 0.717) is 12.6 Å². The summed E-state index contributed by atoms with van der Waals surface area (Å²) in [4.78, 5) is 6.41. The zero-order valence-corrected chi connectivity index (χ0v) is 10.7. The van der Waals surface area contributed by atoms with Gasteiger partial charge in [0.2, 0.25) is 0 Å². The van der Waals surface area contributed by atoms with Crippen LogP contribution in [0.25, 0.3) is 0 Å². The largest absolute Gasteiger partial charge is 0.409 e. The standard InChI is InChI=1S/C11H21N5O/c1-9(2)16(8-10(12)14-17)6-4-11-13-5-7-15(11)3/h5,7,9,17H,4,6,8H2,1-3H3,(H2,12,14). The molecule has 3 N–H and O–H groups in total. The predicted molar refractivity (Wildman–Crippen MR) is 67.0 cm³/mol. The number of oxime groups is 1. The Bertz CT molecular complexity index is 372. The van der Waals surface area contributed by atoms with Crippen molar-refractivity contribution in [3.05, 3.63) is 18.2 Å². The van der Waals surface area contributed by atoms with E-state index in [1.807, 2.05) is 17.8 Å². The quantitative estimate of drug-likeness (QED) is 0.326. The SMILES string of the molecule is CC(C)N(CCc1nccn1C)C/C(N)=N/O. The second-order valence-corrected chi connectivity index (χ2v) is 4.36. The average Bonchev–Trinajstić information content (AvgIpc) is 2.69. The highest BCUT2D eigenvalue weighted by Gasteiger charge is 2.12. The molecule has 0 saturated heterocycles. The van der Waals surface area contributed by atoms with Crippen LogP contribution in [0.2, 0.25) is 0 Å². The highest BCUT2D eigenvalue weighted by atomic mass is 16.4. The summed E-state index contributed by atoms with van der Waals surface area (Å²) in [6, 6.07) is 0.343. The molecule has 0 aliphatic carbocycles. The molecule has 96 valence electrons. The summed E-state index contributed by atoms with van der Waals surface area (Å²) < 4.78 is 2.00. The molecule has 0 fully saturated rings. The number of imidazole rings is 1. The van der Waals surface area contributed by atoms with Crippen molar-refractivity contribution >= 4 is 5.84 Å². The van der Waals surface area contributed by atoms with Crippen molar-refractivity contribution < 1.29 is 5.21 Å². The molecule has 1 aromatic rings. The van der Waals surface area contributed by atoms with Gasteiger partial charge < -0.3 is 15.5 Å². The van der Waals surface area contributed by atoms with Crippen LogP contribution in [0.4, 0.5) is 0 Å². The van der Waals surface area contributed by atoms with Crippen molar-refractivity contribution in [2.24, 2.45) is 17.9 Å². The first kappa shape index (κ1) is 13.5. The van der Waals surface area contributed by atoms with Crippen LogP contribution < -0.4 is 5.73 Å². The summed E-state index contributed by atoms with van der Waals surface area (Å²) in [5, 5.41) is 11.6. The zero-order valence-electron chi connectivity index (χ0n) is 10.7. The van der Waals surface area contributed by atoms with E-state index >= 15 is 0 Å². The summed E-state index contributed by atoms with van der Waals surface area (Å²) in [6.45, 7) is 5.48. The average molecular weight is 239 g/mol. The Kier molecular flexibility index (Phi) is 4.96. The van der Waals surface area contributed by atoms with Crippen LogP contribution in [0.15, 0.2) is 17.5 Å². The van der Waals surface area contributed by atoms with Gasteiger partial charge >= 0.3 is 0 Å². The predicted octanol–water partition coefficient (Wildman–Crippen LogP) is 0.419. The molecule has 0 aliphatic rings. The molecule has 0 spiro atoms. The Balaban J connectivity index is 2.53. The smallest absolute Gasteiger partial charge is 0.153 e. The number of nitrogens with two attached hydrogens (primary N) is 1. The van der Waals surface area contributed by atoms with Crippen LogP contribution in [0.5, 0.6) is 0 Å². The Morgan fingerprint density at radius 3 is 2.82 bits per heavy atom. The summed E-state index contributed by atoms with van der Waals surface area (Å²) in [7, 11) is 1.98. The van der Waals surface area contributed by atoms with Gasteiger partial charge in [-0.05, 0) is 13.8 Å². The lowest BCUT2D eigenvalue weighted by atomic mass is 10.2. The third-order valence-electron chi connectivity index (χ3n) is 2.77. The molecule has 0 unspecified atom stereocenters. The van der Waals surface area contributed by atoms with E-state index in [0.717, 1.165) is 18.8 Å². The molecular formula is C11H21N5O. The van der Waals surface area contributed by atoms with Gasteiger partial charge in [0.25, 0.3) is 0 Å². The van der Waals surface area contributed by atoms with Crippen molar-refractivity contribution in [3.63, 3.8) is 0 Å². The normalized spacial score (nSPS) is 12.6. The van der Waals surface area contributed by atoms with Gasteiger partial charge in [-0.1, -0.05) is 5.16 Å². The number of hydrogen-bond acceptors (Lipinski definition) is 4. The number of amidine groups is 1. The van der Waals surface area contributed by atoms with E-state index in [4.69, 9.17) is 10.9 Å². The summed E-state index contributed by atoms with van der Waals surface area (Å²) in [5.74, 6) is 1.27. The first-order valence-corrected chi connectivity index (χ1v) is 5.71. The van der Waals surface area contributed by atoms with Crippen molar-refractivity contribution in [2.75, 3.05) is 13.1 Å². The molecular weight excluding hydrogens is 218 g/mol. The van der Waals surface area contributed by atoms with Crippen molar-refractivity contribution in [1.29, 1.82) is 0 Å². The van der Waals surface area contributed by atoms with Gasteiger partial charge in [-0.3, -0.25) is 4.90 Å². The monoisotopic (exact) mass is 239 g/mol. The molecule has 0 bridgehead atoms. The van der Waals surface area contributed by atoms with Gasteiger partial charge in [-0.2, -0.15) is 0 Å². The van der Waals surface area contributed by atoms with Crippen LogP contribution >= 0.6 is 0 Å². The third kappa shape index (κ3) is 4.07. The van der Waals surface area contributed by atoms with Gasteiger partial charge in [-0.25, -0.2) is 4.98 Å². The maximum atomic E-state index is 8.58. The van der Waals surface area contributed by atoms with E-state index in [1.165, 1.54) is 0 Å². The number of rotatable bonds is 6. The fourth-order valence-electron chi connectivity index (χ4n) is 1.64. The number of nitrogens with zero attached hydrogens (tertiary/aromatic N) is 4. The van der Waals surface area contributed by atoms with E-state index < -0.39 is 0 Å². The Morgan fingerprint density at radius 1 is 1.65 bits per heavy atom. The van der Waals surface area contributed by atoms with E-state index in [2.05, 4.69) is 28.9 Å². The molecule has 0 saturated carbocycles. The lowest BCUT2D eigenvalue weighted by molar-refractivity contribution is 0.247. The molecule has 6 nitrogen and oxygen atoms in total. The Morgan fingerprint density at radius 2 is 2.35 bits per heavy atom. The van der Waals surface area contributed by atoms with Crippen LogP contribution in [-0.2, 0) is 13.5 Å². The molecule has 0 radical (unpaired) electrons. The van der Waals surface area contributed by atoms with Gasteiger partial charge in [0.15, 0.2) is 5.84 Å². The van der Waals surface area contributed by atoms with Crippen molar-refractivity contribution in [3.8, 4) is 0 Å². The summed E-state index contributed by atoms with van der Waals surface area (Å²) in [5.41, 5.74) is 5.53. The van der Waals surface area contributed by atoms with Crippen LogP contribution in [0, 0.1) is 0 Å². The van der Waals surface area contributed by atoms with Gasteiger partial charge in [-0.15, -0.1) is 0 Å². The minimum Gasteiger partial charge on any atom is -0.409 e. The third-order valence-corrected chi connectivity index (χ3v) is 2.77. The van der Waals surface area contributed by atoms with Crippen LogP contribution in [0.1, 0.15) is 19.7 Å². The lowest BCUT2D eigenvalue weighted by Gasteiger charge is -2.25. The van der Waals surface area contributed by atoms with Crippen LogP contribution in [-0.4, -0.2) is 44.6 Å². The number of aryl methyl sites for hydroxylation is 1. The maximum absolute atomic E-state index is 8.58. The molecule has 0 aromatic carbocycles. The Hall–Kier alpha value is -1.56. The second kappa shape index (κ2) is 6.24. The first-order chi connectivity index (χ1) is 8.04. The molecule has 6 heteroatoms. The highest BCUT2D eigenvalue weighted by Crippen LogP contribution is 2.02. The van der Waals surface area contributed by atoms with E-state index in [-0.39, 0.29) is 5.84 Å². The molecule has 1 aromatic heterocycles. The lowest BCUT2D eigenvalue weighted by Crippen LogP contribution is -2.40. The van der Waals surface area contributed by atoms with Crippen molar-refractivity contribution in [2.45, 2.75) is 26.3 Å². The van der Waals surface area contributed by atoms with E-state index in [1.54, 1.807) is 6.20 Å².